The summed E-state index contributed by atoms with van der Waals surface area (Å²) >= 11 is 0. The molecule has 0 bridgehead atoms. The standard InChI is InChI=1S/C25H31N3O/c1-3-18-24(26,21-14-7-5-8-15-21)28(23(29)20-12-11-13-20)25(27,19-4-2)22-16-9-6-10-17-22/h3-10,14-17,20H,1-2,11-13,18-19,26-27H2. The highest BCUT2D eigenvalue weighted by molar-refractivity contribution is 5.81. The quantitative estimate of drug-likeness (QED) is 0.493. The van der Waals surface area contributed by atoms with Crippen molar-refractivity contribution in [1.29, 1.82) is 0 Å². The van der Waals surface area contributed by atoms with E-state index in [4.69, 9.17) is 11.5 Å². The summed E-state index contributed by atoms with van der Waals surface area (Å²) in [6.07, 6.45) is 7.08. The smallest absolute Gasteiger partial charge is 0.229 e. The Bertz CT molecular complexity index is 787. The highest BCUT2D eigenvalue weighted by Gasteiger charge is 2.50. The van der Waals surface area contributed by atoms with Gasteiger partial charge in [-0.2, -0.15) is 0 Å². The van der Waals surface area contributed by atoms with E-state index in [1.54, 1.807) is 17.1 Å². The van der Waals surface area contributed by atoms with Gasteiger partial charge < -0.3 is 11.5 Å². The van der Waals surface area contributed by atoms with Crippen LogP contribution in [0.5, 0.6) is 0 Å². The minimum atomic E-state index is -1.12. The molecule has 152 valence electrons. The molecule has 4 N–H and O–H groups in total. The summed E-state index contributed by atoms with van der Waals surface area (Å²) in [7, 11) is 0. The van der Waals surface area contributed by atoms with Crippen molar-refractivity contribution in [2.45, 2.75) is 43.4 Å². The first-order valence-electron chi connectivity index (χ1n) is 10.2. The first kappa shape index (κ1) is 21.0. The molecule has 2 unspecified atom stereocenters. The lowest BCUT2D eigenvalue weighted by atomic mass is 9.80. The number of benzene rings is 2. The van der Waals surface area contributed by atoms with E-state index < -0.39 is 11.3 Å². The fourth-order valence-corrected chi connectivity index (χ4v) is 4.16. The summed E-state index contributed by atoms with van der Waals surface area (Å²) in [5, 5.41) is 0. The van der Waals surface area contributed by atoms with Crippen LogP contribution in [0.15, 0.2) is 86.0 Å². The number of rotatable bonds is 9. The zero-order chi connectivity index (χ0) is 20.9. The second kappa shape index (κ2) is 8.76. The van der Waals surface area contributed by atoms with E-state index in [0.717, 1.165) is 30.4 Å². The Balaban J connectivity index is 2.23. The summed E-state index contributed by atoms with van der Waals surface area (Å²) in [5.74, 6) is -0.0550. The van der Waals surface area contributed by atoms with Crippen LogP contribution >= 0.6 is 0 Å². The molecule has 4 nitrogen and oxygen atoms in total. The van der Waals surface area contributed by atoms with Crippen LogP contribution in [-0.2, 0) is 16.1 Å². The lowest BCUT2D eigenvalue weighted by Crippen LogP contribution is -2.68. The largest absolute Gasteiger partial charge is 0.304 e. The summed E-state index contributed by atoms with van der Waals surface area (Å²) in [4.78, 5) is 15.5. The number of carbonyl (C=O) groups excluding carboxylic acids is 1. The zero-order valence-corrected chi connectivity index (χ0v) is 17.0. The van der Waals surface area contributed by atoms with Gasteiger partial charge in [0.15, 0.2) is 0 Å². The number of amides is 1. The molecule has 1 aliphatic rings. The summed E-state index contributed by atoms with van der Waals surface area (Å²) in [6, 6.07) is 19.4. The average Bonchev–Trinajstić information content (AvgIpc) is 2.68. The average molecular weight is 390 g/mol. The van der Waals surface area contributed by atoms with Gasteiger partial charge in [0.2, 0.25) is 5.91 Å². The molecule has 0 radical (unpaired) electrons. The Morgan fingerprint density at radius 2 is 1.31 bits per heavy atom. The summed E-state index contributed by atoms with van der Waals surface area (Å²) < 4.78 is 0. The second-order valence-electron chi connectivity index (χ2n) is 7.87. The minimum Gasteiger partial charge on any atom is -0.304 e. The van der Waals surface area contributed by atoms with E-state index in [1.165, 1.54) is 0 Å². The van der Waals surface area contributed by atoms with Crippen molar-refractivity contribution in [2.24, 2.45) is 17.4 Å². The lowest BCUT2D eigenvalue weighted by Gasteiger charge is -2.53. The van der Waals surface area contributed by atoms with Crippen LogP contribution in [0.4, 0.5) is 0 Å². The van der Waals surface area contributed by atoms with Gasteiger partial charge in [-0.25, -0.2) is 0 Å². The van der Waals surface area contributed by atoms with E-state index in [2.05, 4.69) is 13.2 Å². The Labute approximate surface area is 173 Å². The molecule has 2 aromatic carbocycles. The third-order valence-corrected chi connectivity index (χ3v) is 5.93. The van der Waals surface area contributed by atoms with Gasteiger partial charge in [0, 0.05) is 18.8 Å². The highest BCUT2D eigenvalue weighted by Crippen LogP contribution is 2.42. The first-order valence-corrected chi connectivity index (χ1v) is 10.2. The van der Waals surface area contributed by atoms with Crippen molar-refractivity contribution in [3.63, 3.8) is 0 Å². The van der Waals surface area contributed by atoms with Crippen molar-refractivity contribution in [2.75, 3.05) is 0 Å². The lowest BCUT2D eigenvalue weighted by molar-refractivity contribution is -0.157. The number of nitrogens with zero attached hydrogens (tertiary/aromatic N) is 1. The van der Waals surface area contributed by atoms with Gasteiger partial charge in [-0.3, -0.25) is 9.69 Å². The number of carbonyl (C=O) groups is 1. The molecule has 0 aromatic heterocycles. The number of hydrogen-bond donors (Lipinski definition) is 2. The van der Waals surface area contributed by atoms with Gasteiger partial charge in [0.05, 0.1) is 0 Å². The van der Waals surface area contributed by atoms with Crippen LogP contribution in [-0.4, -0.2) is 10.8 Å². The predicted molar refractivity (Wildman–Crippen MR) is 118 cm³/mol. The van der Waals surface area contributed by atoms with Crippen molar-refractivity contribution in [3.8, 4) is 0 Å². The van der Waals surface area contributed by atoms with Crippen LogP contribution in [0.2, 0.25) is 0 Å². The maximum Gasteiger partial charge on any atom is 0.229 e. The first-order chi connectivity index (χ1) is 14.0. The normalized spacial score (nSPS) is 18.0. The molecular weight excluding hydrogens is 358 g/mol. The molecule has 29 heavy (non-hydrogen) atoms. The third kappa shape index (κ3) is 3.91. The van der Waals surface area contributed by atoms with E-state index in [1.807, 2.05) is 60.7 Å². The van der Waals surface area contributed by atoms with Crippen molar-refractivity contribution in [3.05, 3.63) is 97.1 Å². The molecular formula is C25H31N3O. The molecule has 1 fully saturated rings. The SMILES string of the molecule is C=CCC(N)(c1ccccc1)N(C(=O)C1CCC1)C(N)(CC=C)c1ccccc1. The minimum absolute atomic E-state index is 0.00217. The van der Waals surface area contributed by atoms with Crippen LogP contribution in [0.1, 0.15) is 43.2 Å². The van der Waals surface area contributed by atoms with E-state index in [9.17, 15) is 4.79 Å². The van der Waals surface area contributed by atoms with E-state index in [-0.39, 0.29) is 11.8 Å². The molecule has 1 aliphatic carbocycles. The Hall–Kier alpha value is -2.69. The van der Waals surface area contributed by atoms with Crippen LogP contribution in [0, 0.1) is 5.92 Å². The van der Waals surface area contributed by atoms with Gasteiger partial charge in [0.25, 0.3) is 0 Å². The molecule has 4 heteroatoms. The Morgan fingerprint density at radius 3 is 1.62 bits per heavy atom. The maximum atomic E-state index is 13.8. The van der Waals surface area contributed by atoms with Gasteiger partial charge in [-0.05, 0) is 24.0 Å². The van der Waals surface area contributed by atoms with Crippen molar-refractivity contribution < 1.29 is 4.79 Å². The van der Waals surface area contributed by atoms with Crippen molar-refractivity contribution in [1.82, 2.24) is 4.90 Å². The predicted octanol–water partition coefficient (Wildman–Crippen LogP) is 4.39. The molecule has 0 heterocycles. The third-order valence-electron chi connectivity index (χ3n) is 5.93. The molecule has 1 amide bonds. The fraction of sp³-hybridized carbons (Fsp3) is 0.320. The molecule has 3 rings (SSSR count). The number of hydrogen-bond acceptors (Lipinski definition) is 3. The Kier molecular flexibility index (Phi) is 6.36. The molecule has 2 aromatic rings. The second-order valence-corrected chi connectivity index (χ2v) is 7.87. The molecule has 0 spiro atoms. The van der Waals surface area contributed by atoms with Crippen molar-refractivity contribution >= 4 is 5.91 Å². The molecule has 0 saturated heterocycles. The fourth-order valence-electron chi connectivity index (χ4n) is 4.16. The molecule has 0 aliphatic heterocycles. The topological polar surface area (TPSA) is 72.3 Å². The van der Waals surface area contributed by atoms with Crippen LogP contribution < -0.4 is 11.5 Å². The van der Waals surface area contributed by atoms with E-state index >= 15 is 0 Å². The van der Waals surface area contributed by atoms with Gasteiger partial charge in [-0.15, -0.1) is 13.2 Å². The molecule has 2 atom stereocenters. The van der Waals surface area contributed by atoms with Gasteiger partial charge in [0.1, 0.15) is 11.3 Å². The Morgan fingerprint density at radius 1 is 0.897 bits per heavy atom. The number of nitrogens with two attached hydrogens (primary N) is 2. The monoisotopic (exact) mass is 389 g/mol. The van der Waals surface area contributed by atoms with Gasteiger partial charge in [-0.1, -0.05) is 79.2 Å². The molecule has 1 saturated carbocycles. The van der Waals surface area contributed by atoms with E-state index in [0.29, 0.717) is 12.8 Å². The highest BCUT2D eigenvalue weighted by atomic mass is 16.2. The summed E-state index contributed by atoms with van der Waals surface area (Å²) in [5.41, 5.74) is 13.6. The zero-order valence-electron chi connectivity index (χ0n) is 17.0. The summed E-state index contributed by atoms with van der Waals surface area (Å²) in [6.45, 7) is 7.83. The maximum absolute atomic E-state index is 13.8. The van der Waals surface area contributed by atoms with Crippen LogP contribution in [0.3, 0.4) is 0 Å². The van der Waals surface area contributed by atoms with Crippen LogP contribution in [0.25, 0.3) is 0 Å². The van der Waals surface area contributed by atoms with Gasteiger partial charge >= 0.3 is 0 Å².